The summed E-state index contributed by atoms with van der Waals surface area (Å²) in [5.41, 5.74) is 1.40. The minimum atomic E-state index is 0.992. The van der Waals surface area contributed by atoms with Crippen LogP contribution in [0.4, 0.5) is 0 Å². The van der Waals surface area contributed by atoms with Gasteiger partial charge in [0.2, 0.25) is 0 Å². The van der Waals surface area contributed by atoms with Gasteiger partial charge in [0.05, 0.1) is 0 Å². The topological polar surface area (TPSA) is 0 Å². The van der Waals surface area contributed by atoms with Crippen LogP contribution in [-0.4, -0.2) is 4.43 Å². The molecule has 0 saturated carbocycles. The molecule has 0 fully saturated rings. The zero-order valence-electron chi connectivity index (χ0n) is 8.90. The average molecular weight is 312 g/mol. The fourth-order valence-electron chi connectivity index (χ4n) is 0.878. The van der Waals surface area contributed by atoms with Crippen LogP contribution in [0.5, 0.6) is 0 Å². The van der Waals surface area contributed by atoms with E-state index in [1.54, 1.807) is 12.2 Å². The molecule has 0 aliphatic rings. The van der Waals surface area contributed by atoms with Gasteiger partial charge in [-0.2, -0.15) is 0 Å². The second kappa shape index (κ2) is 11.2. The molecule has 0 nitrogen and oxygen atoms in total. The zero-order chi connectivity index (χ0) is 11.4. The second-order valence-electron chi connectivity index (χ2n) is 2.83. The van der Waals surface area contributed by atoms with Crippen molar-refractivity contribution in [1.29, 1.82) is 0 Å². The van der Waals surface area contributed by atoms with Gasteiger partial charge in [0, 0.05) is 4.43 Å². The van der Waals surface area contributed by atoms with Crippen LogP contribution in [0.15, 0.2) is 73.4 Å². The molecule has 0 unspecified atom stereocenters. The molecule has 0 aliphatic carbocycles. The van der Waals surface area contributed by atoms with Gasteiger partial charge in [-0.05, 0) is 6.42 Å². The van der Waals surface area contributed by atoms with Crippen LogP contribution in [0.1, 0.15) is 6.42 Å². The first-order chi connectivity index (χ1) is 7.35. The van der Waals surface area contributed by atoms with Crippen molar-refractivity contribution in [3.05, 3.63) is 73.4 Å². The van der Waals surface area contributed by atoms with E-state index < -0.39 is 0 Å². The molecule has 0 aliphatic heterocycles. The van der Waals surface area contributed by atoms with E-state index in [2.05, 4.69) is 47.9 Å². The number of rotatable bonds is 7. The summed E-state index contributed by atoms with van der Waals surface area (Å²) in [6.07, 6.45) is 18.7. The smallest absolute Gasteiger partial charge is 0.0212 e. The summed E-state index contributed by atoms with van der Waals surface area (Å²) in [6.45, 7) is 7.24. The number of hydrogen-bond acceptors (Lipinski definition) is 0. The van der Waals surface area contributed by atoms with E-state index in [9.17, 15) is 0 Å². The highest BCUT2D eigenvalue weighted by molar-refractivity contribution is 14.1. The lowest BCUT2D eigenvalue weighted by Crippen LogP contribution is -1.80. The third-order valence-corrected chi connectivity index (χ3v) is 2.60. The molecule has 0 N–H and O–H groups in total. The zero-order valence-corrected chi connectivity index (χ0v) is 11.1. The Kier molecular flexibility index (Phi) is 10.6. The van der Waals surface area contributed by atoms with Crippen molar-refractivity contribution in [2.45, 2.75) is 6.42 Å². The molecular formula is C14H17I. The summed E-state index contributed by atoms with van der Waals surface area (Å²) >= 11 is 2.37. The van der Waals surface area contributed by atoms with Crippen LogP contribution in [0.3, 0.4) is 0 Å². The summed E-state index contributed by atoms with van der Waals surface area (Å²) in [4.78, 5) is 0. The largest absolute Gasteiger partial charge is 0.0991 e. The quantitative estimate of drug-likeness (QED) is 0.360. The van der Waals surface area contributed by atoms with Crippen molar-refractivity contribution < 1.29 is 0 Å². The van der Waals surface area contributed by atoms with E-state index in [0.29, 0.717) is 0 Å². The highest BCUT2D eigenvalue weighted by Gasteiger charge is 1.88. The summed E-state index contributed by atoms with van der Waals surface area (Å²) in [7, 11) is 0. The van der Waals surface area contributed by atoms with E-state index in [1.807, 2.05) is 30.4 Å². The van der Waals surface area contributed by atoms with Crippen LogP contribution < -0.4 is 0 Å². The third-order valence-electron chi connectivity index (χ3n) is 1.63. The standard InChI is InChI=1S/C14H17I/c1-3-5-7-8-10-12-14(13-15)11-9-6-4-2/h3-11H,1-2,12-13H2/b7-5-,9-6-,10-8-,14-11-. The van der Waals surface area contributed by atoms with E-state index in [4.69, 9.17) is 0 Å². The predicted molar refractivity (Wildman–Crippen MR) is 79.4 cm³/mol. The van der Waals surface area contributed by atoms with E-state index in [1.165, 1.54) is 5.57 Å². The van der Waals surface area contributed by atoms with E-state index in [0.717, 1.165) is 10.8 Å². The molecule has 15 heavy (non-hydrogen) atoms. The number of allylic oxidation sites excluding steroid dienone is 10. The van der Waals surface area contributed by atoms with Gasteiger partial charge in [-0.25, -0.2) is 0 Å². The summed E-state index contributed by atoms with van der Waals surface area (Å²) < 4.78 is 1.05. The molecule has 0 amide bonds. The molecule has 0 spiro atoms. The maximum atomic E-state index is 3.63. The summed E-state index contributed by atoms with van der Waals surface area (Å²) in [6, 6.07) is 0. The Morgan fingerprint density at radius 3 is 2.20 bits per heavy atom. The average Bonchev–Trinajstić information content (AvgIpc) is 2.26. The summed E-state index contributed by atoms with van der Waals surface area (Å²) in [5, 5.41) is 0. The van der Waals surface area contributed by atoms with Gasteiger partial charge < -0.3 is 0 Å². The Labute approximate surface area is 107 Å². The normalized spacial score (nSPS) is 13.0. The monoisotopic (exact) mass is 312 g/mol. The predicted octanol–water partition coefficient (Wildman–Crippen LogP) is 4.78. The van der Waals surface area contributed by atoms with Gasteiger partial charge in [-0.3, -0.25) is 0 Å². The first-order valence-electron chi connectivity index (χ1n) is 4.82. The molecule has 0 bridgehead atoms. The Hall–Kier alpha value is -0.830. The highest BCUT2D eigenvalue weighted by atomic mass is 127. The van der Waals surface area contributed by atoms with Crippen molar-refractivity contribution in [3.63, 3.8) is 0 Å². The fourth-order valence-corrected chi connectivity index (χ4v) is 1.44. The third kappa shape index (κ3) is 9.47. The molecule has 0 radical (unpaired) electrons. The van der Waals surface area contributed by atoms with Crippen LogP contribution in [0.2, 0.25) is 0 Å². The van der Waals surface area contributed by atoms with Gasteiger partial charge in [0.1, 0.15) is 0 Å². The van der Waals surface area contributed by atoms with Crippen molar-refractivity contribution in [3.8, 4) is 0 Å². The lowest BCUT2D eigenvalue weighted by Gasteiger charge is -1.95. The molecule has 0 saturated heterocycles. The van der Waals surface area contributed by atoms with Gasteiger partial charge >= 0.3 is 0 Å². The van der Waals surface area contributed by atoms with Gasteiger partial charge in [-0.15, -0.1) is 0 Å². The second-order valence-corrected chi connectivity index (χ2v) is 3.59. The highest BCUT2D eigenvalue weighted by Crippen LogP contribution is 2.07. The van der Waals surface area contributed by atoms with E-state index in [-0.39, 0.29) is 0 Å². The Bertz CT molecular complexity index is 290. The number of hydrogen-bond donors (Lipinski definition) is 0. The Morgan fingerprint density at radius 1 is 0.933 bits per heavy atom. The van der Waals surface area contributed by atoms with Gasteiger partial charge in [-0.1, -0.05) is 96.0 Å². The van der Waals surface area contributed by atoms with Crippen molar-refractivity contribution >= 4 is 22.6 Å². The Morgan fingerprint density at radius 2 is 1.60 bits per heavy atom. The van der Waals surface area contributed by atoms with Crippen LogP contribution in [-0.2, 0) is 0 Å². The SMILES string of the molecule is C=C/C=C\C=C/C/C(=C/C=C\C=C)CI. The van der Waals surface area contributed by atoms with Crippen LogP contribution in [0, 0.1) is 0 Å². The molecule has 1 heteroatoms. The molecule has 0 heterocycles. The molecule has 0 aromatic rings. The maximum Gasteiger partial charge on any atom is 0.0212 e. The first kappa shape index (κ1) is 14.2. The Balaban J connectivity index is 4.09. The van der Waals surface area contributed by atoms with Crippen molar-refractivity contribution in [2.24, 2.45) is 0 Å². The summed E-state index contributed by atoms with van der Waals surface area (Å²) in [5.74, 6) is 0. The minimum absolute atomic E-state index is 0.992. The van der Waals surface area contributed by atoms with Gasteiger partial charge in [0.25, 0.3) is 0 Å². The van der Waals surface area contributed by atoms with Gasteiger partial charge in [0.15, 0.2) is 0 Å². The molecule has 80 valence electrons. The number of alkyl halides is 1. The maximum absolute atomic E-state index is 3.63. The molecule has 0 aromatic carbocycles. The lowest BCUT2D eigenvalue weighted by molar-refractivity contribution is 1.24. The van der Waals surface area contributed by atoms with Crippen LogP contribution >= 0.6 is 22.6 Å². The van der Waals surface area contributed by atoms with E-state index >= 15 is 0 Å². The fraction of sp³-hybridized carbons (Fsp3) is 0.143. The lowest BCUT2D eigenvalue weighted by atomic mass is 10.2. The minimum Gasteiger partial charge on any atom is -0.0991 e. The van der Waals surface area contributed by atoms with Crippen molar-refractivity contribution in [1.82, 2.24) is 0 Å². The molecule has 0 rings (SSSR count). The van der Waals surface area contributed by atoms with Crippen LogP contribution in [0.25, 0.3) is 0 Å². The molecule has 0 atom stereocenters. The van der Waals surface area contributed by atoms with Crippen molar-refractivity contribution in [2.75, 3.05) is 4.43 Å². The molecular weight excluding hydrogens is 295 g/mol. The first-order valence-corrected chi connectivity index (χ1v) is 6.35. The molecule has 0 aromatic heterocycles. The number of halogens is 1.